The molecule has 1 amide bonds. The lowest BCUT2D eigenvalue weighted by atomic mass is 9.90. The highest BCUT2D eigenvalue weighted by atomic mass is 16.7. The van der Waals surface area contributed by atoms with Crippen molar-refractivity contribution in [3.05, 3.63) is 167 Å². The quantitative estimate of drug-likeness (QED) is 0.0160. The van der Waals surface area contributed by atoms with Crippen molar-refractivity contribution in [1.29, 1.82) is 0 Å². The van der Waals surface area contributed by atoms with E-state index in [0.717, 1.165) is 81.8 Å². The summed E-state index contributed by atoms with van der Waals surface area (Å²) in [6.07, 6.45) is 28.0. The molecule has 0 aliphatic carbocycles. The number of nitrogens with zero attached hydrogens (tertiary/aromatic N) is 3. The first-order chi connectivity index (χ1) is 39.9. The van der Waals surface area contributed by atoms with Crippen LogP contribution in [-0.4, -0.2) is 125 Å². The summed E-state index contributed by atoms with van der Waals surface area (Å²) in [5, 5.41) is 29.9. The summed E-state index contributed by atoms with van der Waals surface area (Å²) in [4.78, 5) is 16.4. The molecule has 8 atom stereocenters. The first kappa shape index (κ1) is 68.5. The second-order valence-corrected chi connectivity index (χ2v) is 20.6. The molecule has 4 rings (SSSR count). The van der Waals surface area contributed by atoms with Gasteiger partial charge in [-0.15, -0.1) is 0 Å². The van der Waals surface area contributed by atoms with Crippen LogP contribution in [0.1, 0.15) is 133 Å². The van der Waals surface area contributed by atoms with E-state index in [9.17, 15) is 15.0 Å². The number of amides is 1. The second kappa shape index (κ2) is 46.5. The van der Waals surface area contributed by atoms with Gasteiger partial charge in [0.25, 0.3) is 0 Å². The van der Waals surface area contributed by atoms with Gasteiger partial charge in [0.05, 0.1) is 90.9 Å². The summed E-state index contributed by atoms with van der Waals surface area (Å²) < 4.78 is 49.8. The van der Waals surface area contributed by atoms with Gasteiger partial charge in [0.1, 0.15) is 18.3 Å². The fourth-order valence-corrected chi connectivity index (χ4v) is 9.34. The molecule has 3 N–H and O–H groups in total. The van der Waals surface area contributed by atoms with Crippen molar-refractivity contribution in [2.24, 2.45) is 11.0 Å². The molecule has 15 nitrogen and oxygen atoms in total. The molecule has 0 spiro atoms. The molecule has 3 aromatic carbocycles. The second-order valence-electron chi connectivity index (χ2n) is 20.6. The van der Waals surface area contributed by atoms with Crippen LogP contribution in [0.2, 0.25) is 0 Å². The largest absolute Gasteiger partial charge is 0.390 e. The van der Waals surface area contributed by atoms with Crippen molar-refractivity contribution in [2.75, 3.05) is 66.0 Å². The van der Waals surface area contributed by atoms with Crippen molar-refractivity contribution < 1.29 is 52.9 Å². The lowest BCUT2D eigenvalue weighted by Gasteiger charge is -2.45. The molecule has 0 radical (unpaired) electrons. The van der Waals surface area contributed by atoms with E-state index in [1.54, 1.807) is 0 Å². The average Bonchev–Trinajstić information content (AvgIpc) is 3.49. The Morgan fingerprint density at radius 3 is 1.74 bits per heavy atom. The van der Waals surface area contributed by atoms with Crippen molar-refractivity contribution >= 4 is 5.91 Å². The number of aryl methyl sites for hydroxylation is 1. The van der Waals surface area contributed by atoms with Gasteiger partial charge in [-0.3, -0.25) is 4.79 Å². The van der Waals surface area contributed by atoms with Gasteiger partial charge in [-0.2, -0.15) is 0 Å². The number of hydrogen-bond acceptors (Lipinski definition) is 12. The Morgan fingerprint density at radius 1 is 0.630 bits per heavy atom. The van der Waals surface area contributed by atoms with Crippen LogP contribution in [0, 0.1) is 5.92 Å². The van der Waals surface area contributed by atoms with E-state index in [4.69, 9.17) is 43.4 Å². The van der Waals surface area contributed by atoms with Gasteiger partial charge in [0, 0.05) is 23.8 Å². The molecule has 1 aliphatic heterocycles. The zero-order valence-corrected chi connectivity index (χ0v) is 48.8. The van der Waals surface area contributed by atoms with Crippen molar-refractivity contribution in [3.63, 3.8) is 0 Å². The number of azide groups is 1. The summed E-state index contributed by atoms with van der Waals surface area (Å²) in [6, 6.07) is 29.4. The van der Waals surface area contributed by atoms with Gasteiger partial charge in [-0.05, 0) is 86.4 Å². The maximum absolute atomic E-state index is 13.7. The molecular weight excluding hydrogens is 1020 g/mol. The lowest BCUT2D eigenvalue weighted by molar-refractivity contribution is -0.309. The number of ether oxygens (including phenoxy) is 8. The van der Waals surface area contributed by atoms with Crippen molar-refractivity contribution in [1.82, 2.24) is 5.32 Å². The van der Waals surface area contributed by atoms with E-state index in [0.29, 0.717) is 59.1 Å². The third-order valence-corrected chi connectivity index (χ3v) is 14.0. The van der Waals surface area contributed by atoms with Gasteiger partial charge < -0.3 is 53.4 Å². The molecule has 1 saturated heterocycles. The number of carbonyl (C=O) groups is 1. The fraction of sp³-hybridized carbons (Fsp3) is 0.591. The number of allylic oxidation sites excluding steroid dienone is 8. The van der Waals surface area contributed by atoms with Gasteiger partial charge in [0.2, 0.25) is 5.91 Å². The minimum atomic E-state index is -1.31. The summed E-state index contributed by atoms with van der Waals surface area (Å²) in [5.74, 6) is -0.503. The Bertz CT molecular complexity index is 2160. The molecule has 2 unspecified atom stereocenters. The molecule has 3 aromatic rings. The van der Waals surface area contributed by atoms with E-state index in [2.05, 4.69) is 102 Å². The third kappa shape index (κ3) is 32.4. The first-order valence-electron chi connectivity index (χ1n) is 30.1. The zero-order valence-electron chi connectivity index (χ0n) is 48.8. The number of aliphatic hydroxyl groups is 2. The van der Waals surface area contributed by atoms with Crippen LogP contribution in [-0.2, 0) is 62.3 Å². The number of nitrogens with one attached hydrogen (secondary N) is 1. The van der Waals surface area contributed by atoms with E-state index < -0.39 is 42.9 Å². The summed E-state index contributed by atoms with van der Waals surface area (Å²) >= 11 is 0. The molecular formula is C66H98N4O11. The predicted molar refractivity (Wildman–Crippen MR) is 321 cm³/mol. The summed E-state index contributed by atoms with van der Waals surface area (Å²) in [7, 11) is 0. The fourth-order valence-electron chi connectivity index (χ4n) is 9.34. The molecule has 0 saturated carbocycles. The first-order valence-corrected chi connectivity index (χ1v) is 30.1. The van der Waals surface area contributed by atoms with E-state index in [1.807, 2.05) is 66.7 Å². The van der Waals surface area contributed by atoms with Crippen LogP contribution in [0.15, 0.2) is 145 Å². The van der Waals surface area contributed by atoms with Crippen molar-refractivity contribution in [2.45, 2.75) is 179 Å². The number of aliphatic hydroxyl groups excluding tert-OH is 2. The SMILES string of the molecule is CCCCC/C=C\C/C=C\C/C=C\C/C=C\CCCC(=O)N[C@@H](CO[C@H]1OC(COCCOCCOCCOCCN=[N+]=[N-])[C@H](OCc2ccccc2)[C@H](C)C1OCc1ccccc1)[C@H](O)[C@@H](O)CCCCCCCc1ccccc1. The minimum absolute atomic E-state index is 0.149. The Morgan fingerprint density at radius 2 is 1.15 bits per heavy atom. The molecule has 448 valence electrons. The highest BCUT2D eigenvalue weighted by Crippen LogP contribution is 2.33. The molecule has 1 heterocycles. The molecule has 0 aromatic heterocycles. The van der Waals surface area contributed by atoms with E-state index >= 15 is 0 Å². The Hall–Kier alpha value is -5.00. The van der Waals surface area contributed by atoms with Gasteiger partial charge in [-0.1, -0.05) is 197 Å². The van der Waals surface area contributed by atoms with Gasteiger partial charge in [-0.25, -0.2) is 0 Å². The molecule has 1 aliphatic rings. The monoisotopic (exact) mass is 1120 g/mol. The Balaban J connectivity index is 1.38. The van der Waals surface area contributed by atoms with Crippen LogP contribution >= 0.6 is 0 Å². The van der Waals surface area contributed by atoms with Crippen LogP contribution in [0.4, 0.5) is 0 Å². The minimum Gasteiger partial charge on any atom is -0.390 e. The Kier molecular flexibility index (Phi) is 39.3. The predicted octanol–water partition coefficient (Wildman–Crippen LogP) is 12.8. The average molecular weight is 1120 g/mol. The summed E-state index contributed by atoms with van der Waals surface area (Å²) in [6.45, 7) is 7.70. The molecule has 0 bridgehead atoms. The third-order valence-electron chi connectivity index (χ3n) is 14.0. The van der Waals surface area contributed by atoms with Crippen LogP contribution in [0.25, 0.3) is 10.4 Å². The number of carbonyl (C=O) groups excluding carboxylic acids is 1. The molecule has 1 fully saturated rings. The van der Waals surface area contributed by atoms with Crippen LogP contribution in [0.3, 0.4) is 0 Å². The Labute approximate surface area is 485 Å². The lowest BCUT2D eigenvalue weighted by Crippen LogP contribution is -2.58. The maximum atomic E-state index is 13.7. The van der Waals surface area contributed by atoms with Gasteiger partial charge >= 0.3 is 0 Å². The number of benzene rings is 3. The molecule has 15 heteroatoms. The highest BCUT2D eigenvalue weighted by Gasteiger charge is 2.46. The number of unbranched alkanes of at least 4 members (excludes halogenated alkanes) is 8. The van der Waals surface area contributed by atoms with Crippen LogP contribution < -0.4 is 5.32 Å². The maximum Gasteiger partial charge on any atom is 0.220 e. The standard InChI is InChI=1S/C66H98N4O11/c1-3-4-5-6-7-8-9-10-11-12-13-14-15-16-17-21-33-42-62(72)69-59(63(73)60(71)41-32-20-18-19-25-34-56-35-26-22-27-36-56)53-80-66-65(79-52-58-39-30-24-31-40-58)55(2)64(78-51-57-37-28-23-29-38-57)61(81-66)54-77-50-49-76-48-47-75-46-45-74-44-43-68-70-67/h7-8,10-11,13-14,16-17,22-24,26-31,35-40,55,59-61,63-66,71,73H,3-6,9,12,15,18-21,25,32-34,41-54H2,1-2H3,(H,69,72)/b8-7-,11-10-,14-13-,17-16-/t55-,59-,60-,61?,63-,64+,65?,66-/m0/s1. The van der Waals surface area contributed by atoms with Gasteiger partial charge in [0.15, 0.2) is 6.29 Å². The van der Waals surface area contributed by atoms with E-state index in [-0.39, 0.29) is 51.2 Å². The smallest absolute Gasteiger partial charge is 0.220 e. The van der Waals surface area contributed by atoms with E-state index in [1.165, 1.54) is 24.8 Å². The van der Waals surface area contributed by atoms with Crippen molar-refractivity contribution in [3.8, 4) is 0 Å². The normalized spacial score (nSPS) is 18.7. The number of rotatable bonds is 48. The molecule has 81 heavy (non-hydrogen) atoms. The highest BCUT2D eigenvalue weighted by molar-refractivity contribution is 5.76. The number of hydrogen-bond donors (Lipinski definition) is 3. The summed E-state index contributed by atoms with van der Waals surface area (Å²) in [5.41, 5.74) is 11.7. The van der Waals surface area contributed by atoms with Crippen LogP contribution in [0.5, 0.6) is 0 Å². The zero-order chi connectivity index (χ0) is 57.5. The topological polar surface area (TPSA) is 192 Å².